The molecule has 0 aromatic heterocycles. The van der Waals surface area contributed by atoms with Crippen LogP contribution in [0.2, 0.25) is 5.02 Å². The van der Waals surface area contributed by atoms with Crippen LogP contribution in [0.3, 0.4) is 0 Å². The van der Waals surface area contributed by atoms with Gasteiger partial charge in [0.2, 0.25) is 0 Å². The monoisotopic (exact) mass is 359 g/mol. The number of hydrogen-bond acceptors (Lipinski definition) is 2. The molecule has 0 radical (unpaired) electrons. The average molecular weight is 360 g/mol. The molecule has 0 heterocycles. The predicted octanol–water partition coefficient (Wildman–Crippen LogP) is 5.19. The third kappa shape index (κ3) is 6.43. The number of benzene rings is 2. The summed E-state index contributed by atoms with van der Waals surface area (Å²) in [4.78, 5) is 12.5. The van der Waals surface area contributed by atoms with E-state index in [-0.39, 0.29) is 5.91 Å². The zero-order chi connectivity index (χ0) is 18.1. The highest BCUT2D eigenvalue weighted by atomic mass is 35.5. The number of unbranched alkanes of at least 4 members (excludes halogenated alkanes) is 2. The fraction of sp³-hybridized carbons (Fsp3) is 0.381. The van der Waals surface area contributed by atoms with Gasteiger partial charge in [-0.15, -0.1) is 0 Å². The van der Waals surface area contributed by atoms with E-state index >= 15 is 0 Å². The van der Waals surface area contributed by atoms with Crippen molar-refractivity contribution in [3.8, 4) is 5.75 Å². The highest BCUT2D eigenvalue weighted by molar-refractivity contribution is 6.31. The second kappa shape index (κ2) is 10.1. The number of carbonyl (C=O) groups is 1. The number of nitrogens with one attached hydrogen (secondary N) is 1. The maximum atomic E-state index is 12.5. The molecular formula is C21H26ClNO2. The molecule has 0 saturated carbocycles. The minimum absolute atomic E-state index is 0.153. The van der Waals surface area contributed by atoms with Crippen molar-refractivity contribution in [3.63, 3.8) is 0 Å². The zero-order valence-electron chi connectivity index (χ0n) is 15.0. The lowest BCUT2D eigenvalue weighted by molar-refractivity contribution is 0.0950. The fourth-order valence-electron chi connectivity index (χ4n) is 2.51. The molecule has 0 spiro atoms. The van der Waals surface area contributed by atoms with E-state index in [0.29, 0.717) is 29.5 Å². The van der Waals surface area contributed by atoms with Crippen molar-refractivity contribution in [3.05, 3.63) is 64.2 Å². The first-order valence-corrected chi connectivity index (χ1v) is 9.24. The van der Waals surface area contributed by atoms with E-state index in [2.05, 4.69) is 43.4 Å². The van der Waals surface area contributed by atoms with Crippen molar-refractivity contribution in [1.82, 2.24) is 5.32 Å². The van der Waals surface area contributed by atoms with Gasteiger partial charge < -0.3 is 10.1 Å². The lowest BCUT2D eigenvalue weighted by atomic mass is 10.1. The van der Waals surface area contributed by atoms with Crippen LogP contribution >= 0.6 is 11.6 Å². The maximum Gasteiger partial charge on any atom is 0.255 e. The Morgan fingerprint density at radius 3 is 2.60 bits per heavy atom. The van der Waals surface area contributed by atoms with Crippen LogP contribution in [-0.2, 0) is 6.42 Å². The molecule has 2 rings (SSSR count). The van der Waals surface area contributed by atoms with E-state index in [0.717, 1.165) is 25.7 Å². The van der Waals surface area contributed by atoms with Crippen molar-refractivity contribution in [2.75, 3.05) is 13.2 Å². The average Bonchev–Trinajstić information content (AvgIpc) is 2.61. The largest absolute Gasteiger partial charge is 0.493 e. The Labute approximate surface area is 155 Å². The summed E-state index contributed by atoms with van der Waals surface area (Å²) in [7, 11) is 0. The third-order valence-corrected chi connectivity index (χ3v) is 4.25. The topological polar surface area (TPSA) is 38.3 Å². The molecule has 134 valence electrons. The molecule has 1 N–H and O–H groups in total. The smallest absolute Gasteiger partial charge is 0.255 e. The summed E-state index contributed by atoms with van der Waals surface area (Å²) in [5.74, 6) is 0.438. The van der Waals surface area contributed by atoms with Crippen LogP contribution < -0.4 is 10.1 Å². The van der Waals surface area contributed by atoms with Gasteiger partial charge in [0.05, 0.1) is 12.2 Å². The second-order valence-electron chi connectivity index (χ2n) is 6.19. The lowest BCUT2D eigenvalue weighted by Crippen LogP contribution is -2.26. The summed E-state index contributed by atoms with van der Waals surface area (Å²) >= 11 is 6.05. The van der Waals surface area contributed by atoms with Gasteiger partial charge in [-0.2, -0.15) is 0 Å². The summed E-state index contributed by atoms with van der Waals surface area (Å²) in [6.07, 6.45) is 4.02. The van der Waals surface area contributed by atoms with E-state index in [1.807, 2.05) is 0 Å². The Morgan fingerprint density at radius 1 is 1.12 bits per heavy atom. The molecule has 2 aromatic rings. The molecule has 3 nitrogen and oxygen atoms in total. The molecule has 0 aliphatic heterocycles. The Bertz CT molecular complexity index is 683. The standard InChI is InChI=1S/C21H26ClNO2/c1-3-4-5-14-25-20-11-10-18(22)15-19(20)21(24)23-13-12-17-8-6-16(2)7-9-17/h6-11,15H,3-5,12-14H2,1-2H3,(H,23,24). The molecule has 0 atom stereocenters. The number of halogens is 1. The van der Waals surface area contributed by atoms with Crippen molar-refractivity contribution >= 4 is 17.5 Å². The van der Waals surface area contributed by atoms with Crippen LogP contribution in [0.25, 0.3) is 0 Å². The number of aryl methyl sites for hydroxylation is 1. The predicted molar refractivity (Wildman–Crippen MR) is 104 cm³/mol. The van der Waals surface area contributed by atoms with Gasteiger partial charge >= 0.3 is 0 Å². The van der Waals surface area contributed by atoms with Crippen molar-refractivity contribution < 1.29 is 9.53 Å². The Kier molecular flexibility index (Phi) is 7.80. The second-order valence-corrected chi connectivity index (χ2v) is 6.62. The van der Waals surface area contributed by atoms with Crippen LogP contribution in [0.15, 0.2) is 42.5 Å². The molecule has 0 bridgehead atoms. The molecule has 0 aliphatic carbocycles. The number of ether oxygens (including phenoxy) is 1. The molecule has 2 aromatic carbocycles. The van der Waals surface area contributed by atoms with Crippen LogP contribution in [0.5, 0.6) is 5.75 Å². The Balaban J connectivity index is 1.92. The lowest BCUT2D eigenvalue weighted by Gasteiger charge is -2.12. The van der Waals surface area contributed by atoms with Gasteiger partial charge in [-0.1, -0.05) is 61.2 Å². The third-order valence-electron chi connectivity index (χ3n) is 4.01. The van der Waals surface area contributed by atoms with Gasteiger partial charge in [0.1, 0.15) is 5.75 Å². The van der Waals surface area contributed by atoms with Gasteiger partial charge in [-0.25, -0.2) is 0 Å². The Morgan fingerprint density at radius 2 is 1.88 bits per heavy atom. The molecule has 0 unspecified atom stereocenters. The molecule has 25 heavy (non-hydrogen) atoms. The van der Waals surface area contributed by atoms with Gasteiger partial charge in [0.15, 0.2) is 0 Å². The Hall–Kier alpha value is -2.00. The number of carbonyl (C=O) groups excluding carboxylic acids is 1. The summed E-state index contributed by atoms with van der Waals surface area (Å²) in [6.45, 7) is 5.39. The van der Waals surface area contributed by atoms with Crippen LogP contribution in [0.1, 0.15) is 47.7 Å². The first-order chi connectivity index (χ1) is 12.1. The van der Waals surface area contributed by atoms with Crippen molar-refractivity contribution in [1.29, 1.82) is 0 Å². The van der Waals surface area contributed by atoms with E-state index in [4.69, 9.17) is 16.3 Å². The van der Waals surface area contributed by atoms with Crippen molar-refractivity contribution in [2.24, 2.45) is 0 Å². The zero-order valence-corrected chi connectivity index (χ0v) is 15.7. The van der Waals surface area contributed by atoms with Crippen molar-refractivity contribution in [2.45, 2.75) is 39.5 Å². The fourth-order valence-corrected chi connectivity index (χ4v) is 2.68. The number of rotatable bonds is 9. The highest BCUT2D eigenvalue weighted by Crippen LogP contribution is 2.23. The first kappa shape index (κ1) is 19.3. The number of amides is 1. The van der Waals surface area contributed by atoms with E-state index in [1.165, 1.54) is 11.1 Å². The maximum absolute atomic E-state index is 12.5. The summed E-state index contributed by atoms with van der Waals surface area (Å²) < 4.78 is 5.77. The molecule has 0 saturated heterocycles. The van der Waals surface area contributed by atoms with Gasteiger partial charge in [-0.3, -0.25) is 4.79 Å². The minimum Gasteiger partial charge on any atom is -0.493 e. The van der Waals surface area contributed by atoms with E-state index in [9.17, 15) is 4.79 Å². The molecule has 4 heteroatoms. The molecule has 0 aliphatic rings. The summed E-state index contributed by atoms with van der Waals surface area (Å²) in [5.41, 5.74) is 2.93. The van der Waals surface area contributed by atoms with Gasteiger partial charge in [-0.05, 0) is 43.5 Å². The van der Waals surface area contributed by atoms with Crippen LogP contribution in [0, 0.1) is 6.92 Å². The molecule has 1 amide bonds. The SMILES string of the molecule is CCCCCOc1ccc(Cl)cc1C(=O)NCCc1ccc(C)cc1. The first-order valence-electron chi connectivity index (χ1n) is 8.86. The molecular weight excluding hydrogens is 334 g/mol. The molecule has 0 fully saturated rings. The quantitative estimate of drug-likeness (QED) is 0.625. The van der Waals surface area contributed by atoms with E-state index < -0.39 is 0 Å². The number of hydrogen-bond donors (Lipinski definition) is 1. The minimum atomic E-state index is -0.153. The highest BCUT2D eigenvalue weighted by Gasteiger charge is 2.13. The van der Waals surface area contributed by atoms with Gasteiger partial charge in [0.25, 0.3) is 5.91 Å². The summed E-state index contributed by atoms with van der Waals surface area (Å²) in [5, 5.41) is 3.49. The van der Waals surface area contributed by atoms with E-state index in [1.54, 1.807) is 18.2 Å². The van der Waals surface area contributed by atoms with Crippen LogP contribution in [-0.4, -0.2) is 19.1 Å². The normalized spacial score (nSPS) is 10.5. The van der Waals surface area contributed by atoms with Crippen LogP contribution in [0.4, 0.5) is 0 Å². The summed E-state index contributed by atoms with van der Waals surface area (Å²) in [6, 6.07) is 13.5. The van der Waals surface area contributed by atoms with Gasteiger partial charge in [0, 0.05) is 11.6 Å².